The highest BCUT2D eigenvalue weighted by Crippen LogP contribution is 2.30. The Kier molecular flexibility index (Phi) is 9.82. The maximum atomic E-state index is 13.4. The van der Waals surface area contributed by atoms with Crippen molar-refractivity contribution < 1.29 is 14.3 Å². The number of benzene rings is 1. The third-order valence-corrected chi connectivity index (χ3v) is 6.82. The molecule has 0 saturated heterocycles. The second-order valence-electron chi connectivity index (χ2n) is 9.55. The van der Waals surface area contributed by atoms with Crippen LogP contribution in [0.25, 0.3) is 11.1 Å². The van der Waals surface area contributed by atoms with Crippen molar-refractivity contribution in [2.45, 2.75) is 58.0 Å². The summed E-state index contributed by atoms with van der Waals surface area (Å²) in [5.74, 6) is 0.0813. The normalized spacial score (nSPS) is 14.9. The number of fused-ring (bicyclic) bond motifs is 1. The van der Waals surface area contributed by atoms with Gasteiger partial charge in [0, 0.05) is 70.2 Å². The van der Waals surface area contributed by atoms with Crippen LogP contribution in [0.3, 0.4) is 0 Å². The molecule has 37 heavy (non-hydrogen) atoms. The van der Waals surface area contributed by atoms with Crippen LogP contribution < -0.4 is 4.90 Å². The molecule has 1 aromatic carbocycles. The molecule has 0 aliphatic carbocycles. The van der Waals surface area contributed by atoms with Crippen molar-refractivity contribution in [2.75, 3.05) is 31.7 Å². The summed E-state index contributed by atoms with van der Waals surface area (Å²) in [6.07, 6.45) is 15.4. The molecule has 3 aromatic rings. The third-order valence-electron chi connectivity index (χ3n) is 6.82. The van der Waals surface area contributed by atoms with Crippen molar-refractivity contribution in [3.05, 3.63) is 67.0 Å². The number of hydrogen-bond acceptors (Lipinski definition) is 5. The van der Waals surface area contributed by atoms with Crippen LogP contribution in [-0.4, -0.2) is 58.1 Å². The van der Waals surface area contributed by atoms with E-state index < -0.39 is 0 Å². The number of pyridine rings is 1. The molecule has 0 N–H and O–H groups in total. The molecule has 1 aliphatic rings. The second kappa shape index (κ2) is 13.7. The van der Waals surface area contributed by atoms with E-state index in [-0.39, 0.29) is 18.4 Å². The fourth-order valence-corrected chi connectivity index (χ4v) is 4.86. The number of methoxy groups -OCH3 is 1. The van der Waals surface area contributed by atoms with E-state index in [0.717, 1.165) is 67.4 Å². The van der Waals surface area contributed by atoms with Crippen LogP contribution in [0.5, 0.6) is 0 Å². The number of rotatable bonds is 7. The molecule has 0 radical (unpaired) electrons. The summed E-state index contributed by atoms with van der Waals surface area (Å²) in [5, 5.41) is 0. The van der Waals surface area contributed by atoms with E-state index in [0.29, 0.717) is 26.1 Å². The van der Waals surface area contributed by atoms with Gasteiger partial charge in [-0.05, 0) is 54.2 Å². The average molecular weight is 504 g/mol. The topological polar surface area (TPSA) is 80.6 Å². The first-order valence-corrected chi connectivity index (χ1v) is 13.2. The molecule has 0 unspecified atom stereocenters. The number of carbonyl (C=O) groups is 2. The lowest BCUT2D eigenvalue weighted by atomic mass is 10.0. The summed E-state index contributed by atoms with van der Waals surface area (Å²) in [7, 11) is 1.55. The van der Waals surface area contributed by atoms with Gasteiger partial charge in [0.15, 0.2) is 0 Å². The van der Waals surface area contributed by atoms with Crippen molar-refractivity contribution >= 4 is 17.5 Å². The zero-order chi connectivity index (χ0) is 25.9. The van der Waals surface area contributed by atoms with Crippen LogP contribution >= 0.6 is 0 Å². The van der Waals surface area contributed by atoms with Gasteiger partial charge in [-0.25, -0.2) is 4.98 Å². The number of aryl methyl sites for hydroxylation is 1. The van der Waals surface area contributed by atoms with Crippen LogP contribution in [0, 0.1) is 0 Å². The standard InChI is InChI=1S/C29H37N5O3/c1-37-22-29(36)34-17-6-4-2-3-5-16-33(28(35)10-8-15-32-18-14-31-23-32)21-26-19-24(11-12-27(26)34)25-9-7-13-30-20-25/h7,9,11-14,18-20,23H,2-6,8,10,15-17,21-22H2,1H3. The summed E-state index contributed by atoms with van der Waals surface area (Å²) < 4.78 is 7.20. The molecule has 3 heterocycles. The number of carbonyl (C=O) groups excluding carboxylic acids is 2. The van der Waals surface area contributed by atoms with Crippen molar-refractivity contribution in [3.8, 4) is 11.1 Å². The Morgan fingerprint density at radius 3 is 2.54 bits per heavy atom. The van der Waals surface area contributed by atoms with Gasteiger partial charge >= 0.3 is 0 Å². The van der Waals surface area contributed by atoms with Gasteiger partial charge in [-0.3, -0.25) is 14.6 Å². The number of anilines is 1. The highest BCUT2D eigenvalue weighted by molar-refractivity contribution is 5.95. The smallest absolute Gasteiger partial charge is 0.252 e. The van der Waals surface area contributed by atoms with Gasteiger partial charge in [-0.15, -0.1) is 0 Å². The minimum Gasteiger partial charge on any atom is -0.375 e. The molecule has 2 amide bonds. The molecule has 0 saturated carbocycles. The van der Waals surface area contributed by atoms with Crippen molar-refractivity contribution in [3.63, 3.8) is 0 Å². The highest BCUT2D eigenvalue weighted by Gasteiger charge is 2.23. The summed E-state index contributed by atoms with van der Waals surface area (Å²) in [6.45, 7) is 2.61. The molecule has 0 fully saturated rings. The van der Waals surface area contributed by atoms with E-state index in [1.165, 1.54) is 0 Å². The third kappa shape index (κ3) is 7.49. The SMILES string of the molecule is COCC(=O)N1CCCCCCCN(C(=O)CCCn2ccnc2)Cc2cc(-c3cccnc3)ccc21. The Hall–Kier alpha value is -3.52. The molecule has 0 bridgehead atoms. The zero-order valence-electron chi connectivity index (χ0n) is 21.7. The summed E-state index contributed by atoms with van der Waals surface area (Å²) >= 11 is 0. The Labute approximate surface area is 219 Å². The Morgan fingerprint density at radius 2 is 1.78 bits per heavy atom. The molecule has 196 valence electrons. The predicted octanol–water partition coefficient (Wildman–Crippen LogP) is 4.70. The van der Waals surface area contributed by atoms with Gasteiger partial charge in [-0.2, -0.15) is 0 Å². The maximum Gasteiger partial charge on any atom is 0.252 e. The number of ether oxygens (including phenoxy) is 1. The lowest BCUT2D eigenvalue weighted by Gasteiger charge is -2.30. The van der Waals surface area contributed by atoms with Crippen molar-refractivity contribution in [2.24, 2.45) is 0 Å². The molecule has 2 aromatic heterocycles. The van der Waals surface area contributed by atoms with Gasteiger partial charge in [0.25, 0.3) is 5.91 Å². The molecule has 4 rings (SSSR count). The Morgan fingerprint density at radius 1 is 0.946 bits per heavy atom. The average Bonchev–Trinajstić information content (AvgIpc) is 3.43. The molecule has 0 spiro atoms. The second-order valence-corrected chi connectivity index (χ2v) is 9.55. The number of imidazole rings is 1. The first kappa shape index (κ1) is 26.5. The molecule has 1 aliphatic heterocycles. The number of nitrogens with zero attached hydrogens (tertiary/aromatic N) is 5. The highest BCUT2D eigenvalue weighted by atomic mass is 16.5. The lowest BCUT2D eigenvalue weighted by molar-refractivity contribution is -0.132. The summed E-state index contributed by atoms with van der Waals surface area (Å²) in [6, 6.07) is 10.1. The van der Waals surface area contributed by atoms with Gasteiger partial charge in [0.2, 0.25) is 5.91 Å². The van der Waals surface area contributed by atoms with Gasteiger partial charge in [-0.1, -0.05) is 31.4 Å². The number of aromatic nitrogens is 3. The van der Waals surface area contributed by atoms with E-state index in [4.69, 9.17) is 4.74 Å². The van der Waals surface area contributed by atoms with E-state index >= 15 is 0 Å². The summed E-state index contributed by atoms with van der Waals surface area (Å²) in [5.41, 5.74) is 3.84. The molecule has 8 heteroatoms. The molecule has 8 nitrogen and oxygen atoms in total. The number of amides is 2. The van der Waals surface area contributed by atoms with Crippen LogP contribution in [0.4, 0.5) is 5.69 Å². The van der Waals surface area contributed by atoms with E-state index in [1.807, 2.05) is 51.0 Å². The first-order chi connectivity index (χ1) is 18.2. The molecular weight excluding hydrogens is 466 g/mol. The largest absolute Gasteiger partial charge is 0.375 e. The minimum atomic E-state index is -0.0619. The van der Waals surface area contributed by atoms with Crippen LogP contribution in [-0.2, 0) is 27.4 Å². The van der Waals surface area contributed by atoms with Crippen LogP contribution in [0.15, 0.2) is 61.4 Å². The lowest BCUT2D eigenvalue weighted by Crippen LogP contribution is -2.37. The molecular formula is C29H37N5O3. The van der Waals surface area contributed by atoms with Gasteiger partial charge in [0.1, 0.15) is 6.61 Å². The van der Waals surface area contributed by atoms with E-state index in [9.17, 15) is 9.59 Å². The van der Waals surface area contributed by atoms with Crippen molar-refractivity contribution in [1.82, 2.24) is 19.4 Å². The quantitative estimate of drug-likeness (QED) is 0.467. The Bertz CT molecular complexity index is 1130. The fourth-order valence-electron chi connectivity index (χ4n) is 4.86. The van der Waals surface area contributed by atoms with E-state index in [1.54, 1.807) is 25.8 Å². The van der Waals surface area contributed by atoms with Crippen LogP contribution in [0.1, 0.15) is 50.5 Å². The summed E-state index contributed by atoms with van der Waals surface area (Å²) in [4.78, 5) is 38.7. The van der Waals surface area contributed by atoms with E-state index in [2.05, 4.69) is 16.0 Å². The zero-order valence-corrected chi connectivity index (χ0v) is 21.7. The predicted molar refractivity (Wildman–Crippen MR) is 144 cm³/mol. The van der Waals surface area contributed by atoms with Crippen molar-refractivity contribution in [1.29, 1.82) is 0 Å². The van der Waals surface area contributed by atoms with Gasteiger partial charge < -0.3 is 19.1 Å². The van der Waals surface area contributed by atoms with Crippen LogP contribution in [0.2, 0.25) is 0 Å². The molecule has 0 atom stereocenters. The monoisotopic (exact) mass is 503 g/mol. The Balaban J connectivity index is 1.64. The first-order valence-electron chi connectivity index (χ1n) is 13.2. The fraction of sp³-hybridized carbons (Fsp3) is 0.448. The minimum absolute atomic E-state index is 0.0285. The maximum absolute atomic E-state index is 13.4. The number of hydrogen-bond donors (Lipinski definition) is 0. The van der Waals surface area contributed by atoms with Gasteiger partial charge in [0.05, 0.1) is 6.33 Å².